The van der Waals surface area contributed by atoms with Crippen molar-refractivity contribution in [3.8, 4) is 0 Å². The number of ether oxygens (including phenoxy) is 1. The molecule has 3 nitrogen and oxygen atoms in total. The highest BCUT2D eigenvalue weighted by atomic mass is 16.5. The summed E-state index contributed by atoms with van der Waals surface area (Å²) in [5, 5.41) is 0. The maximum atomic E-state index is 13.1. The number of hydrogen-bond donors (Lipinski definition) is 0. The lowest BCUT2D eigenvalue weighted by Gasteiger charge is -2.36. The number of carbonyl (C=O) groups excluding carboxylic acids is 1. The Labute approximate surface area is 156 Å². The van der Waals surface area contributed by atoms with Crippen LogP contribution in [0.2, 0.25) is 0 Å². The topological polar surface area (TPSA) is 29.5 Å². The third-order valence-corrected chi connectivity index (χ3v) is 6.11. The molecule has 0 radical (unpaired) electrons. The van der Waals surface area contributed by atoms with Gasteiger partial charge in [-0.05, 0) is 50.3 Å². The number of nitrogens with zero attached hydrogens (tertiary/aromatic N) is 1. The molecule has 0 spiro atoms. The van der Waals surface area contributed by atoms with E-state index in [1.165, 1.54) is 18.4 Å². The van der Waals surface area contributed by atoms with Crippen molar-refractivity contribution in [3.63, 3.8) is 0 Å². The molecule has 2 aromatic carbocycles. The number of esters is 1. The van der Waals surface area contributed by atoms with E-state index in [0.717, 1.165) is 18.4 Å². The van der Waals surface area contributed by atoms with Crippen LogP contribution in [0.3, 0.4) is 0 Å². The maximum absolute atomic E-state index is 13.1. The van der Waals surface area contributed by atoms with Crippen LogP contribution in [0.5, 0.6) is 0 Å². The van der Waals surface area contributed by atoms with Gasteiger partial charge in [-0.3, -0.25) is 4.79 Å². The Morgan fingerprint density at radius 2 is 1.58 bits per heavy atom. The van der Waals surface area contributed by atoms with Crippen LogP contribution in [0, 0.1) is 0 Å². The predicted octanol–water partition coefficient (Wildman–Crippen LogP) is 4.18. The maximum Gasteiger partial charge on any atom is 0.314 e. The lowest BCUT2D eigenvalue weighted by Crippen LogP contribution is -2.43. The molecule has 0 saturated carbocycles. The molecule has 2 unspecified atom stereocenters. The van der Waals surface area contributed by atoms with Gasteiger partial charge in [0.15, 0.2) is 0 Å². The van der Waals surface area contributed by atoms with E-state index in [9.17, 15) is 4.79 Å². The van der Waals surface area contributed by atoms with Gasteiger partial charge in [0, 0.05) is 12.1 Å². The Bertz CT molecular complexity index is 716. The van der Waals surface area contributed by atoms with Gasteiger partial charge >= 0.3 is 5.97 Å². The molecule has 2 saturated heterocycles. The Balaban J connectivity index is 1.49. The van der Waals surface area contributed by atoms with Crippen LogP contribution in [0.25, 0.3) is 0 Å². The van der Waals surface area contributed by atoms with E-state index in [-0.39, 0.29) is 18.0 Å². The van der Waals surface area contributed by atoms with E-state index in [1.807, 2.05) is 48.5 Å². The molecule has 136 valence electrons. The van der Waals surface area contributed by atoms with Crippen LogP contribution >= 0.6 is 0 Å². The van der Waals surface area contributed by atoms with Gasteiger partial charge < -0.3 is 9.64 Å². The summed E-state index contributed by atoms with van der Waals surface area (Å²) in [6, 6.07) is 21.4. The van der Waals surface area contributed by atoms with E-state index >= 15 is 0 Å². The standard InChI is InChI=1S/C23H27NO2/c1-24-19-12-13-20(24)16-21(15-19)26-23(25)22(18-10-6-3-7-11-18)14-17-8-4-2-5-9-17/h2-11,19-22H,12-16H2,1H3/t19-,20+,21?,22?. The van der Waals surface area contributed by atoms with Crippen molar-refractivity contribution in [3.05, 3.63) is 71.8 Å². The Morgan fingerprint density at radius 3 is 2.19 bits per heavy atom. The van der Waals surface area contributed by atoms with Crippen molar-refractivity contribution < 1.29 is 9.53 Å². The minimum absolute atomic E-state index is 0.0678. The van der Waals surface area contributed by atoms with Gasteiger partial charge in [-0.25, -0.2) is 0 Å². The Hall–Kier alpha value is -2.13. The van der Waals surface area contributed by atoms with Gasteiger partial charge in [-0.1, -0.05) is 60.7 Å². The average molecular weight is 349 g/mol. The second-order valence-corrected chi connectivity index (χ2v) is 7.73. The summed E-state index contributed by atoms with van der Waals surface area (Å²) in [5.74, 6) is -0.315. The molecule has 0 amide bonds. The fourth-order valence-corrected chi connectivity index (χ4v) is 4.58. The molecule has 3 heteroatoms. The Kier molecular flexibility index (Phi) is 5.07. The number of piperidine rings is 1. The van der Waals surface area contributed by atoms with Crippen LogP contribution in [0.15, 0.2) is 60.7 Å². The molecule has 2 aliphatic heterocycles. The van der Waals surface area contributed by atoms with E-state index < -0.39 is 0 Å². The summed E-state index contributed by atoms with van der Waals surface area (Å²) in [4.78, 5) is 15.6. The highest BCUT2D eigenvalue weighted by Crippen LogP contribution is 2.36. The van der Waals surface area contributed by atoms with Crippen LogP contribution in [-0.4, -0.2) is 36.1 Å². The first-order chi connectivity index (χ1) is 12.7. The molecule has 0 aromatic heterocycles. The molecule has 2 bridgehead atoms. The zero-order valence-corrected chi connectivity index (χ0v) is 15.4. The molecule has 4 atom stereocenters. The van der Waals surface area contributed by atoms with Crippen molar-refractivity contribution in [1.82, 2.24) is 4.90 Å². The first-order valence-corrected chi connectivity index (χ1v) is 9.72. The zero-order chi connectivity index (χ0) is 17.9. The minimum Gasteiger partial charge on any atom is -0.462 e. The van der Waals surface area contributed by atoms with Crippen molar-refractivity contribution >= 4 is 5.97 Å². The van der Waals surface area contributed by atoms with Gasteiger partial charge in [0.1, 0.15) is 6.10 Å². The number of rotatable bonds is 5. The number of hydrogen-bond acceptors (Lipinski definition) is 3. The van der Waals surface area contributed by atoms with Crippen molar-refractivity contribution in [1.29, 1.82) is 0 Å². The lowest BCUT2D eigenvalue weighted by atomic mass is 9.91. The van der Waals surface area contributed by atoms with Gasteiger partial charge in [0.2, 0.25) is 0 Å². The smallest absolute Gasteiger partial charge is 0.314 e. The summed E-state index contributed by atoms with van der Waals surface area (Å²) in [6.45, 7) is 0. The molecular formula is C23H27NO2. The second kappa shape index (κ2) is 7.63. The summed E-state index contributed by atoms with van der Waals surface area (Å²) < 4.78 is 6.04. The molecule has 0 N–H and O–H groups in total. The predicted molar refractivity (Wildman–Crippen MR) is 103 cm³/mol. The SMILES string of the molecule is CN1[C@@H]2CC[C@H]1CC(OC(=O)C(Cc1ccccc1)c1ccccc1)C2. The largest absolute Gasteiger partial charge is 0.462 e. The van der Waals surface area contributed by atoms with Crippen LogP contribution < -0.4 is 0 Å². The quantitative estimate of drug-likeness (QED) is 0.759. The number of fused-ring (bicyclic) bond motifs is 2. The first-order valence-electron chi connectivity index (χ1n) is 9.72. The molecule has 2 aromatic rings. The molecule has 4 rings (SSSR count). The zero-order valence-electron chi connectivity index (χ0n) is 15.4. The average Bonchev–Trinajstić information content (AvgIpc) is 2.88. The minimum atomic E-state index is -0.240. The molecule has 2 heterocycles. The highest BCUT2D eigenvalue weighted by molar-refractivity contribution is 5.78. The van der Waals surface area contributed by atoms with Gasteiger partial charge in [-0.15, -0.1) is 0 Å². The van der Waals surface area contributed by atoms with E-state index in [2.05, 4.69) is 24.1 Å². The monoisotopic (exact) mass is 349 g/mol. The van der Waals surface area contributed by atoms with E-state index in [0.29, 0.717) is 18.5 Å². The van der Waals surface area contributed by atoms with Gasteiger partial charge in [0.05, 0.1) is 5.92 Å². The third-order valence-electron chi connectivity index (χ3n) is 6.11. The summed E-state index contributed by atoms with van der Waals surface area (Å²) in [6.07, 6.45) is 5.18. The lowest BCUT2D eigenvalue weighted by molar-refractivity contribution is -0.154. The van der Waals surface area contributed by atoms with Crippen LogP contribution in [-0.2, 0) is 16.0 Å². The van der Waals surface area contributed by atoms with E-state index in [4.69, 9.17) is 4.74 Å². The van der Waals surface area contributed by atoms with Crippen molar-refractivity contribution in [2.24, 2.45) is 0 Å². The first kappa shape index (κ1) is 17.3. The highest BCUT2D eigenvalue weighted by Gasteiger charge is 2.40. The third kappa shape index (κ3) is 3.68. The normalized spacial score (nSPS) is 26.4. The van der Waals surface area contributed by atoms with Gasteiger partial charge in [-0.2, -0.15) is 0 Å². The number of carbonyl (C=O) groups is 1. The summed E-state index contributed by atoms with van der Waals surface area (Å²) in [7, 11) is 2.21. The second-order valence-electron chi connectivity index (χ2n) is 7.73. The molecule has 2 aliphatic rings. The van der Waals surface area contributed by atoms with Crippen molar-refractivity contribution in [2.75, 3.05) is 7.05 Å². The van der Waals surface area contributed by atoms with Crippen LogP contribution in [0.4, 0.5) is 0 Å². The molecule has 2 fully saturated rings. The fraction of sp³-hybridized carbons (Fsp3) is 0.435. The molecular weight excluding hydrogens is 322 g/mol. The van der Waals surface area contributed by atoms with Crippen molar-refractivity contribution in [2.45, 2.75) is 56.2 Å². The van der Waals surface area contributed by atoms with E-state index in [1.54, 1.807) is 0 Å². The molecule has 0 aliphatic carbocycles. The summed E-state index contributed by atoms with van der Waals surface area (Å²) in [5.41, 5.74) is 2.21. The van der Waals surface area contributed by atoms with Crippen LogP contribution in [0.1, 0.15) is 42.7 Å². The van der Waals surface area contributed by atoms with Gasteiger partial charge in [0.25, 0.3) is 0 Å². The summed E-state index contributed by atoms with van der Waals surface area (Å²) >= 11 is 0. The Morgan fingerprint density at radius 1 is 1.00 bits per heavy atom. The molecule has 26 heavy (non-hydrogen) atoms. The number of benzene rings is 2. The fourth-order valence-electron chi connectivity index (χ4n) is 4.58.